The van der Waals surface area contributed by atoms with E-state index in [1.54, 1.807) is 24.9 Å². The number of benzene rings is 2. The van der Waals surface area contributed by atoms with Crippen molar-refractivity contribution in [1.29, 1.82) is 0 Å². The van der Waals surface area contributed by atoms with Gasteiger partial charge in [-0.05, 0) is 51.0 Å². The van der Waals surface area contributed by atoms with E-state index in [0.717, 1.165) is 22.9 Å². The van der Waals surface area contributed by atoms with Gasteiger partial charge in [-0.2, -0.15) is 0 Å². The second kappa shape index (κ2) is 9.55. The van der Waals surface area contributed by atoms with Crippen molar-refractivity contribution in [2.24, 2.45) is 0 Å². The monoisotopic (exact) mass is 458 g/mol. The summed E-state index contributed by atoms with van der Waals surface area (Å²) < 4.78 is 0. The molecule has 176 valence electrons. The van der Waals surface area contributed by atoms with Crippen LogP contribution in [0.25, 0.3) is 17.0 Å². The van der Waals surface area contributed by atoms with Crippen LogP contribution in [0.5, 0.6) is 0 Å². The van der Waals surface area contributed by atoms with E-state index in [9.17, 15) is 14.4 Å². The third kappa shape index (κ3) is 4.46. The largest absolute Gasteiger partial charge is 0.361 e. The molecule has 4 rings (SSSR count). The van der Waals surface area contributed by atoms with Gasteiger partial charge in [0.05, 0.1) is 0 Å². The number of hydrogen-bond acceptors (Lipinski definition) is 3. The second-order valence-electron chi connectivity index (χ2n) is 9.04. The van der Waals surface area contributed by atoms with Gasteiger partial charge in [0, 0.05) is 48.0 Å². The Kier molecular flexibility index (Phi) is 6.54. The Morgan fingerprint density at radius 1 is 1.09 bits per heavy atom. The molecule has 34 heavy (non-hydrogen) atoms. The maximum atomic E-state index is 13.7. The maximum absolute atomic E-state index is 13.7. The van der Waals surface area contributed by atoms with E-state index in [0.29, 0.717) is 18.7 Å². The lowest BCUT2D eigenvalue weighted by Gasteiger charge is -2.39. The van der Waals surface area contributed by atoms with Gasteiger partial charge in [0.25, 0.3) is 5.91 Å². The van der Waals surface area contributed by atoms with Gasteiger partial charge in [-0.15, -0.1) is 0 Å². The predicted octanol–water partition coefficient (Wildman–Crippen LogP) is 4.08. The number of fused-ring (bicyclic) bond motifs is 1. The van der Waals surface area contributed by atoms with E-state index in [1.165, 1.54) is 11.8 Å². The molecular weight excluding hydrogens is 428 g/mol. The van der Waals surface area contributed by atoms with Crippen molar-refractivity contribution >= 4 is 40.4 Å². The van der Waals surface area contributed by atoms with Crippen LogP contribution >= 0.6 is 0 Å². The third-order valence-corrected chi connectivity index (χ3v) is 6.39. The summed E-state index contributed by atoms with van der Waals surface area (Å²) in [5.41, 5.74) is 1.38. The molecule has 0 saturated carbocycles. The zero-order valence-electron chi connectivity index (χ0n) is 19.7. The summed E-state index contributed by atoms with van der Waals surface area (Å²) in [6.07, 6.45) is 6.66. The molecule has 2 aromatic carbocycles. The van der Waals surface area contributed by atoms with E-state index in [4.69, 9.17) is 0 Å². The number of aromatic amines is 1. The van der Waals surface area contributed by atoms with E-state index in [-0.39, 0.29) is 17.7 Å². The summed E-state index contributed by atoms with van der Waals surface area (Å²) >= 11 is 0. The number of anilines is 1. The van der Waals surface area contributed by atoms with Crippen LogP contribution in [0.1, 0.15) is 39.2 Å². The smallest absolute Gasteiger partial charge is 0.250 e. The van der Waals surface area contributed by atoms with E-state index in [1.807, 2.05) is 66.9 Å². The van der Waals surface area contributed by atoms with E-state index in [2.05, 4.69) is 10.3 Å². The van der Waals surface area contributed by atoms with Crippen molar-refractivity contribution in [3.63, 3.8) is 0 Å². The minimum atomic E-state index is -1.20. The number of nitrogens with one attached hydrogen (secondary N) is 2. The van der Waals surface area contributed by atoms with Gasteiger partial charge in [-0.1, -0.05) is 36.4 Å². The Balaban J connectivity index is 1.59. The first kappa shape index (κ1) is 23.3. The van der Waals surface area contributed by atoms with Crippen molar-refractivity contribution < 1.29 is 14.4 Å². The van der Waals surface area contributed by atoms with Crippen LogP contribution in [-0.2, 0) is 14.4 Å². The summed E-state index contributed by atoms with van der Waals surface area (Å²) in [7, 11) is 0. The molecule has 2 heterocycles. The Labute approximate surface area is 199 Å². The van der Waals surface area contributed by atoms with Crippen molar-refractivity contribution in [2.75, 3.05) is 11.4 Å². The maximum Gasteiger partial charge on any atom is 0.250 e. The van der Waals surface area contributed by atoms with Crippen molar-refractivity contribution in [1.82, 2.24) is 15.2 Å². The highest BCUT2D eigenvalue weighted by Crippen LogP contribution is 2.29. The Hall–Kier alpha value is -3.87. The van der Waals surface area contributed by atoms with Crippen molar-refractivity contribution in [2.45, 2.75) is 45.2 Å². The van der Waals surface area contributed by atoms with E-state index >= 15 is 0 Å². The fraction of sp³-hybridized carbons (Fsp3) is 0.296. The van der Waals surface area contributed by atoms with Crippen LogP contribution in [-0.4, -0.2) is 45.7 Å². The number of carbonyl (C=O) groups is 3. The minimum Gasteiger partial charge on any atom is -0.361 e. The molecule has 0 aliphatic carbocycles. The van der Waals surface area contributed by atoms with Crippen LogP contribution in [0.3, 0.4) is 0 Å². The average molecular weight is 459 g/mol. The number of amides is 3. The van der Waals surface area contributed by atoms with Crippen LogP contribution in [0.4, 0.5) is 5.69 Å². The summed E-state index contributed by atoms with van der Waals surface area (Å²) in [5, 5.41) is 3.90. The third-order valence-electron chi connectivity index (χ3n) is 6.39. The molecule has 7 nitrogen and oxygen atoms in total. The molecule has 1 unspecified atom stereocenters. The molecular formula is C27H30N4O3. The quantitative estimate of drug-likeness (QED) is 0.584. The molecule has 1 saturated heterocycles. The molecule has 0 spiro atoms. The lowest BCUT2D eigenvalue weighted by atomic mass is 9.98. The van der Waals surface area contributed by atoms with Crippen LogP contribution in [0.2, 0.25) is 0 Å². The van der Waals surface area contributed by atoms with Gasteiger partial charge in [-0.3, -0.25) is 19.3 Å². The highest BCUT2D eigenvalue weighted by atomic mass is 16.2. The number of likely N-dealkylation sites (tertiary alicyclic amines) is 1. The Morgan fingerprint density at radius 3 is 2.53 bits per heavy atom. The van der Waals surface area contributed by atoms with Crippen LogP contribution in [0.15, 0.2) is 67.0 Å². The number of hydrogen-bond donors (Lipinski definition) is 2. The number of aromatic nitrogens is 1. The van der Waals surface area contributed by atoms with Gasteiger partial charge in [-0.25, -0.2) is 0 Å². The Morgan fingerprint density at radius 2 is 1.79 bits per heavy atom. The first-order valence-electron chi connectivity index (χ1n) is 11.5. The van der Waals surface area contributed by atoms with E-state index < -0.39 is 11.6 Å². The van der Waals surface area contributed by atoms with Gasteiger partial charge in [0.2, 0.25) is 11.8 Å². The summed E-state index contributed by atoms with van der Waals surface area (Å²) in [6, 6.07) is 16.5. The van der Waals surface area contributed by atoms with Gasteiger partial charge in [0.1, 0.15) is 11.6 Å². The van der Waals surface area contributed by atoms with Crippen LogP contribution < -0.4 is 10.2 Å². The number of H-pyrrole nitrogens is 1. The molecule has 0 bridgehead atoms. The number of carbonyl (C=O) groups excluding carboxylic acids is 3. The summed E-state index contributed by atoms with van der Waals surface area (Å²) in [4.78, 5) is 45.6. The first-order chi connectivity index (χ1) is 16.3. The molecule has 0 radical (unpaired) electrons. The molecule has 1 aliphatic heterocycles. The fourth-order valence-corrected chi connectivity index (χ4v) is 4.57. The molecule has 7 heteroatoms. The number of para-hydroxylation sites is 2. The number of nitrogens with zero attached hydrogens (tertiary/aromatic N) is 2. The number of rotatable bonds is 6. The fourth-order valence-electron chi connectivity index (χ4n) is 4.57. The van der Waals surface area contributed by atoms with Crippen molar-refractivity contribution in [3.05, 3.63) is 72.6 Å². The highest BCUT2D eigenvalue weighted by Gasteiger charge is 2.44. The van der Waals surface area contributed by atoms with Crippen LogP contribution in [0, 0.1) is 0 Å². The molecule has 1 atom stereocenters. The van der Waals surface area contributed by atoms with Crippen molar-refractivity contribution in [3.8, 4) is 0 Å². The normalized spacial score (nSPS) is 16.2. The predicted molar refractivity (Wildman–Crippen MR) is 134 cm³/mol. The lowest BCUT2D eigenvalue weighted by Crippen LogP contribution is -2.60. The Bertz CT molecular complexity index is 1230. The topological polar surface area (TPSA) is 85.5 Å². The standard InChI is InChI=1S/C27H30N4O3/c1-19(32)30-17-9-14-24(30)25(33)31(21-10-5-4-6-11-21)27(2,3)26(34)28-16-15-20-18-29-23-13-8-7-12-22(20)23/h4-8,10-13,15-16,18,24,29H,9,14,17H2,1-3H3,(H,28,34). The molecule has 2 N–H and O–H groups in total. The molecule has 3 aromatic rings. The molecule has 3 amide bonds. The highest BCUT2D eigenvalue weighted by molar-refractivity contribution is 6.06. The van der Waals surface area contributed by atoms with Gasteiger partial charge >= 0.3 is 0 Å². The molecule has 1 fully saturated rings. The lowest BCUT2D eigenvalue weighted by molar-refractivity contribution is -0.137. The zero-order chi connectivity index (χ0) is 24.3. The summed E-state index contributed by atoms with van der Waals surface area (Å²) in [5.74, 6) is -0.708. The first-order valence-corrected chi connectivity index (χ1v) is 11.5. The van der Waals surface area contributed by atoms with Gasteiger partial charge < -0.3 is 15.2 Å². The molecule has 1 aliphatic rings. The zero-order valence-corrected chi connectivity index (χ0v) is 19.7. The van der Waals surface area contributed by atoms with Gasteiger partial charge in [0.15, 0.2) is 0 Å². The average Bonchev–Trinajstić information content (AvgIpc) is 3.47. The second-order valence-corrected chi connectivity index (χ2v) is 9.04. The SMILES string of the molecule is CC(=O)N1CCCC1C(=O)N(c1ccccc1)C(C)(C)C(=O)NC=Cc1c[nH]c2ccccc12. The minimum absolute atomic E-state index is 0.132. The summed E-state index contributed by atoms with van der Waals surface area (Å²) in [6.45, 7) is 5.47. The molecule has 1 aromatic heterocycles.